The second kappa shape index (κ2) is 8.12. The third-order valence-electron chi connectivity index (χ3n) is 4.95. The average molecular weight is 391 g/mol. The number of carbonyl (C=O) groups is 2. The smallest absolute Gasteiger partial charge is 0.339 e. The van der Waals surface area contributed by atoms with Crippen LogP contribution in [0, 0.1) is 13.8 Å². The summed E-state index contributed by atoms with van der Waals surface area (Å²) in [5, 5.41) is 3.06. The lowest BCUT2D eigenvalue weighted by Gasteiger charge is -2.21. The predicted octanol–water partition coefficient (Wildman–Crippen LogP) is 2.79. The number of hydrogen-bond acceptors (Lipinski definition) is 6. The number of rotatable bonds is 4. The van der Waals surface area contributed by atoms with E-state index >= 15 is 0 Å². The number of nitrogens with zero attached hydrogens (tertiary/aromatic N) is 3. The molecule has 0 unspecified atom stereocenters. The van der Waals surface area contributed by atoms with Gasteiger partial charge in [-0.3, -0.25) is 4.79 Å². The number of hydrogen-bond donors (Lipinski definition) is 1. The first-order valence-corrected chi connectivity index (χ1v) is 10.1. The van der Waals surface area contributed by atoms with Gasteiger partial charge in [-0.15, -0.1) is 11.3 Å². The number of aromatic amines is 1. The lowest BCUT2D eigenvalue weighted by molar-refractivity contribution is 0.0599. The molecule has 3 heterocycles. The summed E-state index contributed by atoms with van der Waals surface area (Å²) in [6.45, 7) is 8.70. The largest absolute Gasteiger partial charge is 0.465 e. The minimum absolute atomic E-state index is 0.0606. The highest BCUT2D eigenvalue weighted by molar-refractivity contribution is 7.13. The van der Waals surface area contributed by atoms with Crippen LogP contribution in [0.2, 0.25) is 0 Å². The number of H-pyrrole nitrogens is 1. The third kappa shape index (κ3) is 3.85. The van der Waals surface area contributed by atoms with Crippen LogP contribution in [-0.4, -0.2) is 60.0 Å². The molecule has 27 heavy (non-hydrogen) atoms. The minimum atomic E-state index is -0.402. The van der Waals surface area contributed by atoms with Gasteiger partial charge in [0.2, 0.25) is 0 Å². The molecule has 8 heteroatoms. The van der Waals surface area contributed by atoms with E-state index in [4.69, 9.17) is 4.74 Å². The van der Waals surface area contributed by atoms with E-state index in [1.165, 1.54) is 7.11 Å². The van der Waals surface area contributed by atoms with Crippen molar-refractivity contribution < 1.29 is 14.3 Å². The molecular formula is C19H26N4O3S. The normalized spacial score (nSPS) is 15.0. The molecule has 0 atom stereocenters. The van der Waals surface area contributed by atoms with E-state index in [0.29, 0.717) is 36.3 Å². The number of nitrogens with one attached hydrogen (secondary N) is 1. The summed E-state index contributed by atoms with van der Waals surface area (Å²) in [7, 11) is 1.36. The summed E-state index contributed by atoms with van der Waals surface area (Å²) in [5.41, 5.74) is 3.42. The van der Waals surface area contributed by atoms with Gasteiger partial charge in [0.1, 0.15) is 5.69 Å². The Morgan fingerprint density at radius 1 is 1.26 bits per heavy atom. The number of esters is 1. The molecule has 146 valence electrons. The zero-order valence-electron chi connectivity index (χ0n) is 16.3. The Bertz CT molecular complexity index is 842. The molecule has 1 aliphatic heterocycles. The first-order valence-electron chi connectivity index (χ1n) is 9.22. The highest BCUT2D eigenvalue weighted by atomic mass is 32.1. The van der Waals surface area contributed by atoms with Crippen LogP contribution in [0.1, 0.15) is 51.1 Å². The molecular weight excluding hydrogens is 364 g/mol. The summed E-state index contributed by atoms with van der Waals surface area (Å²) in [4.78, 5) is 37.0. The predicted molar refractivity (Wildman–Crippen MR) is 106 cm³/mol. The van der Waals surface area contributed by atoms with Gasteiger partial charge in [-0.2, -0.15) is 0 Å². The number of aryl methyl sites for hydroxylation is 2. The molecule has 0 bridgehead atoms. The Morgan fingerprint density at radius 3 is 2.67 bits per heavy atom. The van der Waals surface area contributed by atoms with Crippen molar-refractivity contribution in [3.05, 3.63) is 33.6 Å². The van der Waals surface area contributed by atoms with Gasteiger partial charge < -0.3 is 19.5 Å². The van der Waals surface area contributed by atoms with Gasteiger partial charge >= 0.3 is 5.97 Å². The Kier molecular flexibility index (Phi) is 5.84. The molecule has 0 saturated carbocycles. The van der Waals surface area contributed by atoms with Crippen LogP contribution in [-0.2, 0) is 11.2 Å². The van der Waals surface area contributed by atoms with E-state index in [1.807, 2.05) is 24.1 Å². The van der Waals surface area contributed by atoms with Crippen molar-refractivity contribution in [3.63, 3.8) is 0 Å². The topological polar surface area (TPSA) is 78.5 Å². The number of aromatic nitrogens is 2. The molecule has 7 nitrogen and oxygen atoms in total. The van der Waals surface area contributed by atoms with Gasteiger partial charge in [0, 0.05) is 37.3 Å². The van der Waals surface area contributed by atoms with Crippen LogP contribution in [0.3, 0.4) is 0 Å². The fourth-order valence-corrected chi connectivity index (χ4v) is 4.33. The summed E-state index contributed by atoms with van der Waals surface area (Å²) in [6.07, 6.45) is 1.52. The second-order valence-electron chi connectivity index (χ2n) is 6.73. The van der Waals surface area contributed by atoms with E-state index in [2.05, 4.69) is 14.9 Å². The van der Waals surface area contributed by atoms with Crippen LogP contribution in [0.25, 0.3) is 0 Å². The quantitative estimate of drug-likeness (QED) is 0.812. The fraction of sp³-hybridized carbons (Fsp3) is 0.526. The molecule has 0 radical (unpaired) electrons. The zero-order chi connectivity index (χ0) is 19.6. The molecule has 2 aromatic rings. The molecule has 0 aromatic carbocycles. The SMILES string of the molecule is CCc1[nH]c(C(=O)N2CCCN(c3nc(C)cs3)CC2)c(C)c1C(=O)OC. The van der Waals surface area contributed by atoms with E-state index in [-0.39, 0.29) is 5.91 Å². The monoisotopic (exact) mass is 390 g/mol. The van der Waals surface area contributed by atoms with Crippen LogP contribution < -0.4 is 4.90 Å². The maximum Gasteiger partial charge on any atom is 0.339 e. The Morgan fingerprint density at radius 2 is 2.04 bits per heavy atom. The summed E-state index contributed by atoms with van der Waals surface area (Å²) >= 11 is 1.64. The summed E-state index contributed by atoms with van der Waals surface area (Å²) in [6, 6.07) is 0. The summed E-state index contributed by atoms with van der Waals surface area (Å²) in [5.74, 6) is -0.463. The van der Waals surface area contributed by atoms with Crippen molar-refractivity contribution in [1.82, 2.24) is 14.9 Å². The van der Waals surface area contributed by atoms with Crippen molar-refractivity contribution in [3.8, 4) is 0 Å². The standard InChI is InChI=1S/C19H26N4O3S/c1-5-14-15(18(25)26-4)13(3)16(21-14)17(24)22-7-6-8-23(10-9-22)19-20-12(2)11-27-19/h11,21H,5-10H2,1-4H3. The van der Waals surface area contributed by atoms with Crippen LogP contribution in [0.4, 0.5) is 5.13 Å². The van der Waals surface area contributed by atoms with Crippen molar-refractivity contribution in [1.29, 1.82) is 0 Å². The lowest BCUT2D eigenvalue weighted by atomic mass is 10.1. The van der Waals surface area contributed by atoms with Gasteiger partial charge in [0.25, 0.3) is 5.91 Å². The Labute approximate surface area is 163 Å². The second-order valence-corrected chi connectivity index (χ2v) is 7.56. The van der Waals surface area contributed by atoms with Gasteiger partial charge in [-0.05, 0) is 32.3 Å². The minimum Gasteiger partial charge on any atom is -0.465 e. The molecule has 1 N–H and O–H groups in total. The number of methoxy groups -OCH3 is 1. The first-order chi connectivity index (χ1) is 13.0. The maximum atomic E-state index is 13.1. The molecule has 0 aliphatic carbocycles. The Hall–Kier alpha value is -2.35. The van der Waals surface area contributed by atoms with E-state index in [1.54, 1.807) is 18.3 Å². The first kappa shape index (κ1) is 19.4. The van der Waals surface area contributed by atoms with Gasteiger partial charge in [0.05, 0.1) is 18.4 Å². The van der Waals surface area contributed by atoms with E-state index in [0.717, 1.165) is 36.0 Å². The fourth-order valence-electron chi connectivity index (χ4n) is 3.47. The lowest BCUT2D eigenvalue weighted by Crippen LogP contribution is -2.35. The maximum absolute atomic E-state index is 13.1. The van der Waals surface area contributed by atoms with Crippen molar-refractivity contribution in [2.75, 3.05) is 38.2 Å². The van der Waals surface area contributed by atoms with E-state index < -0.39 is 5.97 Å². The van der Waals surface area contributed by atoms with Crippen LogP contribution in [0.5, 0.6) is 0 Å². The molecule has 1 aliphatic rings. The van der Waals surface area contributed by atoms with Gasteiger partial charge in [0.15, 0.2) is 5.13 Å². The van der Waals surface area contributed by atoms with Gasteiger partial charge in [-0.25, -0.2) is 9.78 Å². The van der Waals surface area contributed by atoms with Crippen molar-refractivity contribution >= 4 is 28.3 Å². The molecule has 1 saturated heterocycles. The number of carbonyl (C=O) groups excluding carboxylic acids is 2. The van der Waals surface area contributed by atoms with Crippen molar-refractivity contribution in [2.45, 2.75) is 33.6 Å². The number of anilines is 1. The Balaban J connectivity index is 1.78. The molecule has 0 spiro atoms. The number of ether oxygens (including phenoxy) is 1. The third-order valence-corrected chi connectivity index (χ3v) is 5.96. The van der Waals surface area contributed by atoms with Crippen LogP contribution in [0.15, 0.2) is 5.38 Å². The summed E-state index contributed by atoms with van der Waals surface area (Å²) < 4.78 is 4.89. The van der Waals surface area contributed by atoms with Crippen LogP contribution >= 0.6 is 11.3 Å². The molecule has 3 rings (SSSR count). The average Bonchev–Trinajstić information content (AvgIpc) is 3.14. The highest BCUT2D eigenvalue weighted by Crippen LogP contribution is 2.24. The van der Waals surface area contributed by atoms with E-state index in [9.17, 15) is 9.59 Å². The van der Waals surface area contributed by atoms with Gasteiger partial charge in [-0.1, -0.05) is 6.92 Å². The zero-order valence-corrected chi connectivity index (χ0v) is 17.1. The number of amides is 1. The molecule has 1 fully saturated rings. The number of thiazole rings is 1. The van der Waals surface area contributed by atoms with Crippen molar-refractivity contribution in [2.24, 2.45) is 0 Å². The highest BCUT2D eigenvalue weighted by Gasteiger charge is 2.28. The molecule has 2 aromatic heterocycles. The molecule has 1 amide bonds.